The van der Waals surface area contributed by atoms with Crippen molar-refractivity contribution < 1.29 is 4.74 Å². The van der Waals surface area contributed by atoms with Gasteiger partial charge in [0.1, 0.15) is 5.75 Å². The van der Waals surface area contributed by atoms with Gasteiger partial charge in [0.05, 0.1) is 24.2 Å². The average Bonchev–Trinajstić information content (AvgIpc) is 2.94. The molecule has 1 atom stereocenters. The van der Waals surface area contributed by atoms with Crippen molar-refractivity contribution in [2.24, 2.45) is 5.84 Å². The summed E-state index contributed by atoms with van der Waals surface area (Å²) in [5.41, 5.74) is 4.06. The lowest BCUT2D eigenvalue weighted by Gasteiger charge is -2.13. The van der Waals surface area contributed by atoms with E-state index in [0.717, 1.165) is 23.5 Å². The zero-order valence-corrected chi connectivity index (χ0v) is 11.0. The van der Waals surface area contributed by atoms with Crippen LogP contribution in [-0.2, 0) is 6.42 Å². The lowest BCUT2D eigenvalue weighted by Crippen LogP contribution is -2.27. The molecule has 96 valence electrons. The molecule has 0 saturated heterocycles. The number of methoxy groups -OCH3 is 1. The number of hydrogen-bond acceptors (Lipinski definition) is 6. The van der Waals surface area contributed by atoms with Crippen LogP contribution in [0.5, 0.6) is 5.75 Å². The second-order valence-corrected chi connectivity index (χ2v) is 4.74. The van der Waals surface area contributed by atoms with Crippen molar-refractivity contribution in [2.75, 3.05) is 7.11 Å². The molecule has 6 heteroatoms. The molecule has 1 heterocycles. The maximum atomic E-state index is 5.55. The van der Waals surface area contributed by atoms with Gasteiger partial charge in [0.15, 0.2) is 0 Å². The van der Waals surface area contributed by atoms with Crippen molar-refractivity contribution in [1.29, 1.82) is 0 Å². The minimum absolute atomic E-state index is 0.104. The standard InChI is InChI=1S/C12H16N4OS/c1-17-10-5-2-9(3-6-10)4-7-11(15-13)12-8-14-16-18-12/h2-3,5-6,8,11,15H,4,7,13H2,1H3. The largest absolute Gasteiger partial charge is 0.497 e. The Labute approximate surface area is 110 Å². The van der Waals surface area contributed by atoms with E-state index in [0.29, 0.717) is 0 Å². The van der Waals surface area contributed by atoms with Crippen LogP contribution in [-0.4, -0.2) is 16.7 Å². The number of hydrazine groups is 1. The molecule has 0 aliphatic rings. The summed E-state index contributed by atoms with van der Waals surface area (Å²) in [6, 6.07) is 8.17. The monoisotopic (exact) mass is 264 g/mol. The Balaban J connectivity index is 1.93. The number of ether oxygens (including phenoxy) is 1. The third-order valence-electron chi connectivity index (χ3n) is 2.80. The van der Waals surface area contributed by atoms with Crippen molar-refractivity contribution in [3.8, 4) is 5.75 Å². The number of nitrogens with two attached hydrogens (primary N) is 1. The van der Waals surface area contributed by atoms with Crippen LogP contribution in [0.15, 0.2) is 30.5 Å². The second kappa shape index (κ2) is 6.44. The molecule has 0 radical (unpaired) electrons. The van der Waals surface area contributed by atoms with Gasteiger partial charge in [-0.1, -0.05) is 16.6 Å². The van der Waals surface area contributed by atoms with Gasteiger partial charge in [-0.05, 0) is 42.1 Å². The summed E-state index contributed by atoms with van der Waals surface area (Å²) in [4.78, 5) is 1.06. The van der Waals surface area contributed by atoms with Gasteiger partial charge in [0.25, 0.3) is 0 Å². The van der Waals surface area contributed by atoms with E-state index in [1.54, 1.807) is 13.3 Å². The Morgan fingerprint density at radius 1 is 1.39 bits per heavy atom. The smallest absolute Gasteiger partial charge is 0.118 e. The SMILES string of the molecule is COc1ccc(CCC(NN)c2cnns2)cc1. The molecule has 0 bridgehead atoms. The predicted molar refractivity (Wildman–Crippen MR) is 71.3 cm³/mol. The van der Waals surface area contributed by atoms with Gasteiger partial charge in [0, 0.05) is 0 Å². The van der Waals surface area contributed by atoms with Gasteiger partial charge in [-0.15, -0.1) is 5.10 Å². The fraction of sp³-hybridized carbons (Fsp3) is 0.333. The molecule has 1 aromatic heterocycles. The number of hydrogen-bond donors (Lipinski definition) is 2. The molecule has 18 heavy (non-hydrogen) atoms. The number of aryl methyl sites for hydroxylation is 1. The summed E-state index contributed by atoms with van der Waals surface area (Å²) in [5, 5.41) is 3.83. The molecule has 2 rings (SSSR count). The first-order valence-electron chi connectivity index (χ1n) is 5.70. The summed E-state index contributed by atoms with van der Waals surface area (Å²) >= 11 is 1.37. The lowest BCUT2D eigenvalue weighted by atomic mass is 10.0. The molecule has 0 fully saturated rings. The highest BCUT2D eigenvalue weighted by atomic mass is 32.1. The molecular weight excluding hydrogens is 248 g/mol. The van der Waals surface area contributed by atoms with Gasteiger partial charge in [-0.3, -0.25) is 11.3 Å². The summed E-state index contributed by atoms with van der Waals surface area (Å²) in [6.45, 7) is 0. The average molecular weight is 264 g/mol. The maximum Gasteiger partial charge on any atom is 0.118 e. The Morgan fingerprint density at radius 3 is 2.72 bits per heavy atom. The van der Waals surface area contributed by atoms with Crippen molar-refractivity contribution >= 4 is 11.5 Å². The van der Waals surface area contributed by atoms with Gasteiger partial charge in [0.2, 0.25) is 0 Å². The number of aromatic nitrogens is 2. The van der Waals surface area contributed by atoms with E-state index in [4.69, 9.17) is 10.6 Å². The van der Waals surface area contributed by atoms with Crippen LogP contribution in [0.3, 0.4) is 0 Å². The van der Waals surface area contributed by atoms with Gasteiger partial charge < -0.3 is 4.74 Å². The molecule has 5 nitrogen and oxygen atoms in total. The number of benzene rings is 1. The van der Waals surface area contributed by atoms with Gasteiger partial charge in [-0.25, -0.2) is 0 Å². The van der Waals surface area contributed by atoms with E-state index in [1.807, 2.05) is 12.1 Å². The van der Waals surface area contributed by atoms with Gasteiger partial charge >= 0.3 is 0 Å². The van der Waals surface area contributed by atoms with E-state index < -0.39 is 0 Å². The fourth-order valence-corrected chi connectivity index (χ4v) is 2.34. The number of rotatable bonds is 6. The quantitative estimate of drug-likeness (QED) is 0.613. The molecule has 0 spiro atoms. The Bertz CT molecular complexity index is 457. The molecule has 1 unspecified atom stereocenters. The van der Waals surface area contributed by atoms with E-state index in [-0.39, 0.29) is 6.04 Å². The lowest BCUT2D eigenvalue weighted by molar-refractivity contribution is 0.414. The number of nitrogens with one attached hydrogen (secondary N) is 1. The van der Waals surface area contributed by atoms with Crippen molar-refractivity contribution in [1.82, 2.24) is 15.0 Å². The van der Waals surface area contributed by atoms with Crippen LogP contribution in [0.2, 0.25) is 0 Å². The summed E-state index contributed by atoms with van der Waals surface area (Å²) in [6.07, 6.45) is 3.60. The summed E-state index contributed by atoms with van der Waals surface area (Å²) in [7, 11) is 1.67. The first-order chi connectivity index (χ1) is 8.83. The fourth-order valence-electron chi connectivity index (χ4n) is 1.74. The highest BCUT2D eigenvalue weighted by Gasteiger charge is 2.12. The summed E-state index contributed by atoms with van der Waals surface area (Å²) < 4.78 is 8.98. The molecular formula is C12H16N4OS. The Hall–Kier alpha value is -1.50. The van der Waals surface area contributed by atoms with E-state index >= 15 is 0 Å². The second-order valence-electron chi connectivity index (χ2n) is 3.93. The van der Waals surface area contributed by atoms with Crippen LogP contribution < -0.4 is 16.0 Å². The van der Waals surface area contributed by atoms with Crippen molar-refractivity contribution in [3.63, 3.8) is 0 Å². The zero-order valence-electron chi connectivity index (χ0n) is 10.2. The van der Waals surface area contributed by atoms with E-state index in [2.05, 4.69) is 27.1 Å². The molecule has 2 aromatic rings. The van der Waals surface area contributed by atoms with Crippen molar-refractivity contribution in [3.05, 3.63) is 40.9 Å². The topological polar surface area (TPSA) is 73.1 Å². The molecule has 0 saturated carbocycles. The van der Waals surface area contributed by atoms with E-state index in [9.17, 15) is 0 Å². The third kappa shape index (κ3) is 3.25. The zero-order chi connectivity index (χ0) is 12.8. The van der Waals surface area contributed by atoms with Crippen LogP contribution >= 0.6 is 11.5 Å². The Kier molecular flexibility index (Phi) is 4.63. The highest BCUT2D eigenvalue weighted by molar-refractivity contribution is 7.05. The van der Waals surface area contributed by atoms with E-state index in [1.165, 1.54) is 17.1 Å². The first kappa shape index (κ1) is 12.9. The van der Waals surface area contributed by atoms with Gasteiger partial charge in [-0.2, -0.15) is 0 Å². The molecule has 0 amide bonds. The minimum Gasteiger partial charge on any atom is -0.497 e. The molecule has 3 N–H and O–H groups in total. The maximum absolute atomic E-state index is 5.55. The first-order valence-corrected chi connectivity index (χ1v) is 6.47. The van der Waals surface area contributed by atoms with Crippen LogP contribution in [0.25, 0.3) is 0 Å². The summed E-state index contributed by atoms with van der Waals surface area (Å²) in [5.74, 6) is 6.43. The third-order valence-corrected chi connectivity index (χ3v) is 3.58. The number of nitrogens with zero attached hydrogens (tertiary/aromatic N) is 2. The predicted octanol–water partition coefficient (Wildman–Crippen LogP) is 1.68. The highest BCUT2D eigenvalue weighted by Crippen LogP contribution is 2.21. The van der Waals surface area contributed by atoms with Crippen LogP contribution in [0.1, 0.15) is 22.9 Å². The Morgan fingerprint density at radius 2 is 2.17 bits per heavy atom. The van der Waals surface area contributed by atoms with Crippen LogP contribution in [0.4, 0.5) is 0 Å². The molecule has 1 aromatic carbocycles. The molecule has 0 aliphatic heterocycles. The van der Waals surface area contributed by atoms with Crippen molar-refractivity contribution in [2.45, 2.75) is 18.9 Å². The van der Waals surface area contributed by atoms with Crippen LogP contribution in [0, 0.1) is 0 Å². The normalized spacial score (nSPS) is 12.3. The minimum atomic E-state index is 0.104. The molecule has 0 aliphatic carbocycles.